The summed E-state index contributed by atoms with van der Waals surface area (Å²) in [6, 6.07) is 0. The van der Waals surface area contributed by atoms with Crippen LogP contribution in [0.4, 0.5) is 0 Å². The number of carbonyl (C=O) groups is 2. The van der Waals surface area contributed by atoms with Gasteiger partial charge in [0.1, 0.15) is 6.10 Å². The molecule has 4 heteroatoms. The lowest BCUT2D eigenvalue weighted by molar-refractivity contribution is -0.149. The van der Waals surface area contributed by atoms with Crippen LogP contribution in [-0.2, 0) is 19.1 Å². The van der Waals surface area contributed by atoms with Crippen molar-refractivity contribution in [1.29, 1.82) is 0 Å². The average molecular weight is 252 g/mol. The van der Waals surface area contributed by atoms with Gasteiger partial charge in [-0.3, -0.25) is 9.59 Å². The van der Waals surface area contributed by atoms with Gasteiger partial charge < -0.3 is 9.47 Å². The number of carbonyl (C=O) groups excluding carboxylic acids is 2. The third-order valence-corrected chi connectivity index (χ3v) is 5.08. The molecule has 0 radical (unpaired) electrons. The minimum absolute atomic E-state index is 0.0202. The van der Waals surface area contributed by atoms with Gasteiger partial charge in [-0.05, 0) is 37.5 Å². The summed E-state index contributed by atoms with van der Waals surface area (Å²) in [7, 11) is 1.47. The van der Waals surface area contributed by atoms with Crippen LogP contribution in [0.25, 0.3) is 0 Å². The molecule has 0 aromatic rings. The second kappa shape index (κ2) is 4.56. The van der Waals surface area contributed by atoms with Crippen LogP contribution in [0.2, 0.25) is 0 Å². The van der Waals surface area contributed by atoms with Crippen molar-refractivity contribution >= 4 is 11.9 Å². The third-order valence-electron chi connectivity index (χ3n) is 5.08. The lowest BCUT2D eigenvalue weighted by atomic mass is 9.81. The van der Waals surface area contributed by atoms with Crippen LogP contribution in [0.5, 0.6) is 0 Å². The van der Waals surface area contributed by atoms with E-state index >= 15 is 0 Å². The standard InChI is InChI=1S/C14H20O4/c1-17-14(16)11-6-5-8-7-12(15)18-13(8)10-4-2-3-9(10)11/h8-11,13H,2-7H2,1H3/t8-,9-,10-,11?,13-/m0/s1. The third kappa shape index (κ3) is 1.82. The molecule has 0 bridgehead atoms. The van der Waals surface area contributed by atoms with E-state index in [2.05, 4.69) is 0 Å². The van der Waals surface area contributed by atoms with Crippen molar-refractivity contribution in [2.75, 3.05) is 7.11 Å². The first-order valence-electron chi connectivity index (χ1n) is 6.98. The van der Waals surface area contributed by atoms with E-state index in [1.165, 1.54) is 7.11 Å². The topological polar surface area (TPSA) is 52.6 Å². The molecule has 18 heavy (non-hydrogen) atoms. The van der Waals surface area contributed by atoms with Gasteiger partial charge in [0.25, 0.3) is 0 Å². The molecular weight excluding hydrogens is 232 g/mol. The van der Waals surface area contributed by atoms with Gasteiger partial charge in [0.15, 0.2) is 0 Å². The van der Waals surface area contributed by atoms with Crippen LogP contribution in [0.1, 0.15) is 38.5 Å². The zero-order valence-corrected chi connectivity index (χ0v) is 10.8. The Balaban J connectivity index is 1.85. The minimum Gasteiger partial charge on any atom is -0.469 e. The molecule has 3 rings (SSSR count). The zero-order chi connectivity index (χ0) is 12.7. The maximum Gasteiger partial charge on any atom is 0.308 e. The first kappa shape index (κ1) is 12.0. The second-order valence-electron chi connectivity index (χ2n) is 5.88. The number of esters is 2. The minimum atomic E-state index is -0.0711. The van der Waals surface area contributed by atoms with Gasteiger partial charge in [0, 0.05) is 5.92 Å². The highest BCUT2D eigenvalue weighted by molar-refractivity contribution is 5.74. The van der Waals surface area contributed by atoms with E-state index in [9.17, 15) is 9.59 Å². The van der Waals surface area contributed by atoms with E-state index in [0.29, 0.717) is 24.2 Å². The number of hydrogen-bond donors (Lipinski definition) is 0. The summed E-state index contributed by atoms with van der Waals surface area (Å²) in [5, 5.41) is 0. The van der Waals surface area contributed by atoms with E-state index in [0.717, 1.165) is 32.1 Å². The molecule has 1 unspecified atom stereocenters. The Kier molecular flexibility index (Phi) is 3.04. The van der Waals surface area contributed by atoms with Gasteiger partial charge in [-0.25, -0.2) is 0 Å². The van der Waals surface area contributed by atoms with Crippen molar-refractivity contribution < 1.29 is 19.1 Å². The molecule has 4 nitrogen and oxygen atoms in total. The van der Waals surface area contributed by atoms with E-state index < -0.39 is 0 Å². The first-order chi connectivity index (χ1) is 8.70. The van der Waals surface area contributed by atoms with Crippen molar-refractivity contribution in [3.63, 3.8) is 0 Å². The molecule has 5 atom stereocenters. The van der Waals surface area contributed by atoms with E-state index in [4.69, 9.17) is 9.47 Å². The predicted octanol–water partition coefficient (Wildman–Crippen LogP) is 1.92. The van der Waals surface area contributed by atoms with Gasteiger partial charge >= 0.3 is 11.9 Å². The smallest absolute Gasteiger partial charge is 0.308 e. The monoisotopic (exact) mass is 252 g/mol. The number of ether oxygens (including phenoxy) is 2. The Morgan fingerprint density at radius 2 is 2.00 bits per heavy atom. The molecule has 0 aromatic carbocycles. The largest absolute Gasteiger partial charge is 0.469 e. The summed E-state index contributed by atoms with van der Waals surface area (Å²) in [5.74, 6) is 0.973. The van der Waals surface area contributed by atoms with Crippen molar-refractivity contribution in [3.05, 3.63) is 0 Å². The van der Waals surface area contributed by atoms with Crippen LogP contribution in [-0.4, -0.2) is 25.2 Å². The summed E-state index contributed by atoms with van der Waals surface area (Å²) in [5.41, 5.74) is 0. The lowest BCUT2D eigenvalue weighted by Crippen LogP contribution is -2.32. The molecule has 100 valence electrons. The molecule has 2 saturated carbocycles. The summed E-state index contributed by atoms with van der Waals surface area (Å²) in [6.07, 6.45) is 5.69. The Morgan fingerprint density at radius 3 is 2.78 bits per heavy atom. The highest BCUT2D eigenvalue weighted by Crippen LogP contribution is 2.49. The normalized spacial score (nSPS) is 42.7. The predicted molar refractivity (Wildman–Crippen MR) is 63.6 cm³/mol. The van der Waals surface area contributed by atoms with Crippen molar-refractivity contribution in [1.82, 2.24) is 0 Å². The van der Waals surface area contributed by atoms with Crippen molar-refractivity contribution in [3.8, 4) is 0 Å². The van der Waals surface area contributed by atoms with E-state index in [-0.39, 0.29) is 24.0 Å². The summed E-state index contributed by atoms with van der Waals surface area (Å²) in [6.45, 7) is 0. The van der Waals surface area contributed by atoms with Crippen LogP contribution in [0.3, 0.4) is 0 Å². The summed E-state index contributed by atoms with van der Waals surface area (Å²) < 4.78 is 10.5. The Labute approximate surface area is 107 Å². The number of methoxy groups -OCH3 is 1. The maximum absolute atomic E-state index is 11.9. The van der Waals surface area contributed by atoms with Gasteiger partial charge in [-0.1, -0.05) is 6.42 Å². The molecule has 3 fully saturated rings. The van der Waals surface area contributed by atoms with Crippen molar-refractivity contribution in [2.45, 2.75) is 44.6 Å². The molecule has 1 saturated heterocycles. The summed E-state index contributed by atoms with van der Waals surface area (Å²) >= 11 is 0. The number of fused-ring (bicyclic) bond motifs is 3. The van der Waals surface area contributed by atoms with Crippen LogP contribution in [0, 0.1) is 23.7 Å². The number of hydrogen-bond acceptors (Lipinski definition) is 4. The van der Waals surface area contributed by atoms with Crippen molar-refractivity contribution in [2.24, 2.45) is 23.7 Å². The lowest BCUT2D eigenvalue weighted by Gasteiger charge is -2.27. The SMILES string of the molecule is COC(=O)C1CC[C@H]2CC(=O)O[C@@H]2[C@H]2CCC[C@H]12. The van der Waals surface area contributed by atoms with Crippen LogP contribution in [0.15, 0.2) is 0 Å². The zero-order valence-electron chi connectivity index (χ0n) is 10.8. The molecular formula is C14H20O4. The molecule has 1 heterocycles. The molecule has 3 aliphatic rings. The fraction of sp³-hybridized carbons (Fsp3) is 0.857. The van der Waals surface area contributed by atoms with Crippen LogP contribution >= 0.6 is 0 Å². The highest BCUT2D eigenvalue weighted by atomic mass is 16.6. The molecule has 2 aliphatic carbocycles. The highest BCUT2D eigenvalue weighted by Gasteiger charge is 2.50. The number of rotatable bonds is 1. The van der Waals surface area contributed by atoms with E-state index in [1.54, 1.807) is 0 Å². The molecule has 0 spiro atoms. The molecule has 0 amide bonds. The summed E-state index contributed by atoms with van der Waals surface area (Å²) in [4.78, 5) is 23.4. The molecule has 0 aromatic heterocycles. The fourth-order valence-electron chi connectivity index (χ4n) is 4.31. The average Bonchev–Trinajstić information content (AvgIpc) is 2.93. The molecule has 1 aliphatic heterocycles. The Hall–Kier alpha value is -1.06. The fourth-order valence-corrected chi connectivity index (χ4v) is 4.31. The first-order valence-corrected chi connectivity index (χ1v) is 6.98. The van der Waals surface area contributed by atoms with Crippen LogP contribution < -0.4 is 0 Å². The maximum atomic E-state index is 11.9. The molecule has 0 N–H and O–H groups in total. The Morgan fingerprint density at radius 1 is 1.22 bits per heavy atom. The van der Waals surface area contributed by atoms with Gasteiger partial charge in [0.2, 0.25) is 0 Å². The Bertz CT molecular complexity index is 365. The van der Waals surface area contributed by atoms with Gasteiger partial charge in [0.05, 0.1) is 19.4 Å². The van der Waals surface area contributed by atoms with E-state index in [1.807, 2.05) is 0 Å². The quantitative estimate of drug-likeness (QED) is 0.669. The van der Waals surface area contributed by atoms with Gasteiger partial charge in [-0.2, -0.15) is 0 Å². The van der Waals surface area contributed by atoms with Gasteiger partial charge in [-0.15, -0.1) is 0 Å². The second-order valence-corrected chi connectivity index (χ2v) is 5.88.